The van der Waals surface area contributed by atoms with Gasteiger partial charge < -0.3 is 9.52 Å². The summed E-state index contributed by atoms with van der Waals surface area (Å²) < 4.78 is 5.58. The molecule has 1 aromatic carbocycles. The predicted octanol–water partition coefficient (Wildman–Crippen LogP) is 3.32. The van der Waals surface area contributed by atoms with Gasteiger partial charge in [-0.15, -0.1) is 0 Å². The van der Waals surface area contributed by atoms with Gasteiger partial charge in [0.1, 0.15) is 6.26 Å². The number of aromatic nitrogens is 1. The monoisotopic (exact) mass is 288 g/mol. The Morgan fingerprint density at radius 1 is 1.19 bits per heavy atom. The lowest BCUT2D eigenvalue weighted by Crippen LogP contribution is -2.36. The van der Waals surface area contributed by atoms with Crippen LogP contribution < -0.4 is 0 Å². The molecule has 4 heteroatoms. The van der Waals surface area contributed by atoms with E-state index in [1.165, 1.54) is 0 Å². The third kappa shape index (κ3) is 4.16. The van der Waals surface area contributed by atoms with Crippen LogP contribution >= 0.6 is 0 Å². The van der Waals surface area contributed by atoms with Crippen molar-refractivity contribution in [2.45, 2.75) is 39.3 Å². The first kappa shape index (κ1) is 15.7. The zero-order valence-corrected chi connectivity index (χ0v) is 12.8. The fourth-order valence-corrected chi connectivity index (χ4v) is 2.63. The van der Waals surface area contributed by atoms with Crippen molar-refractivity contribution in [2.24, 2.45) is 0 Å². The minimum absolute atomic E-state index is 0.167. The topological polar surface area (TPSA) is 49.5 Å². The fraction of sp³-hybridized carbons (Fsp3) is 0.471. The molecule has 2 rings (SSSR count). The van der Waals surface area contributed by atoms with Gasteiger partial charge in [-0.25, -0.2) is 4.98 Å². The molecule has 0 amide bonds. The first-order valence-corrected chi connectivity index (χ1v) is 7.63. The summed E-state index contributed by atoms with van der Waals surface area (Å²) in [6.07, 6.45) is 3.86. The van der Waals surface area contributed by atoms with Crippen molar-refractivity contribution in [3.63, 3.8) is 0 Å². The lowest BCUT2D eigenvalue weighted by molar-refractivity contribution is 0.135. The highest BCUT2D eigenvalue weighted by Gasteiger charge is 2.17. The Hall–Kier alpha value is -1.65. The van der Waals surface area contributed by atoms with Gasteiger partial charge >= 0.3 is 0 Å². The van der Waals surface area contributed by atoms with Crippen LogP contribution in [0.3, 0.4) is 0 Å². The molecule has 2 aromatic rings. The number of nitrogens with zero attached hydrogens (tertiary/aromatic N) is 2. The van der Waals surface area contributed by atoms with E-state index in [1.54, 1.807) is 6.26 Å². The second-order valence-electron chi connectivity index (χ2n) is 5.17. The number of aliphatic hydroxyl groups excluding tert-OH is 1. The molecule has 21 heavy (non-hydrogen) atoms. The molecule has 0 unspecified atom stereocenters. The van der Waals surface area contributed by atoms with Gasteiger partial charge in [0.2, 0.25) is 5.89 Å². The van der Waals surface area contributed by atoms with E-state index in [0.717, 1.165) is 24.1 Å². The standard InChI is InChI=1S/C17H24N2O2/c1-3-16(4-2)19(10-11-20)12-15-13-21-17(18-15)14-8-6-5-7-9-14/h5-9,13,16,20H,3-4,10-12H2,1-2H3. The molecule has 0 aliphatic rings. The van der Waals surface area contributed by atoms with Gasteiger partial charge in [-0.2, -0.15) is 0 Å². The van der Waals surface area contributed by atoms with Crippen molar-refractivity contribution in [3.8, 4) is 11.5 Å². The summed E-state index contributed by atoms with van der Waals surface area (Å²) in [4.78, 5) is 6.83. The van der Waals surface area contributed by atoms with E-state index >= 15 is 0 Å². The Morgan fingerprint density at radius 2 is 1.90 bits per heavy atom. The first-order valence-electron chi connectivity index (χ1n) is 7.63. The molecule has 0 saturated heterocycles. The van der Waals surface area contributed by atoms with E-state index in [4.69, 9.17) is 4.42 Å². The minimum Gasteiger partial charge on any atom is -0.444 e. The van der Waals surface area contributed by atoms with Crippen molar-refractivity contribution in [3.05, 3.63) is 42.3 Å². The van der Waals surface area contributed by atoms with E-state index < -0.39 is 0 Å². The van der Waals surface area contributed by atoms with Crippen LogP contribution in [0.5, 0.6) is 0 Å². The van der Waals surface area contributed by atoms with Gasteiger partial charge in [0.05, 0.1) is 12.3 Å². The normalized spacial score (nSPS) is 11.5. The third-order valence-electron chi connectivity index (χ3n) is 3.78. The highest BCUT2D eigenvalue weighted by molar-refractivity contribution is 5.52. The molecule has 114 valence electrons. The molecule has 1 heterocycles. The SMILES string of the molecule is CCC(CC)N(CCO)Cc1coc(-c2ccccc2)n1. The van der Waals surface area contributed by atoms with Crippen molar-refractivity contribution in [1.29, 1.82) is 0 Å². The van der Waals surface area contributed by atoms with Gasteiger partial charge in [-0.1, -0.05) is 32.0 Å². The third-order valence-corrected chi connectivity index (χ3v) is 3.78. The Kier molecular flexibility index (Phi) is 5.96. The summed E-state index contributed by atoms with van der Waals surface area (Å²) in [5, 5.41) is 9.25. The Balaban J connectivity index is 2.09. The highest BCUT2D eigenvalue weighted by Crippen LogP contribution is 2.20. The van der Waals surface area contributed by atoms with E-state index in [0.29, 0.717) is 25.0 Å². The van der Waals surface area contributed by atoms with Crippen LogP contribution in [0.1, 0.15) is 32.4 Å². The Labute approximate surface area is 126 Å². The molecule has 0 saturated carbocycles. The fourth-order valence-electron chi connectivity index (χ4n) is 2.63. The summed E-state index contributed by atoms with van der Waals surface area (Å²) in [5.41, 5.74) is 1.90. The zero-order valence-electron chi connectivity index (χ0n) is 12.8. The average Bonchev–Trinajstić information content (AvgIpc) is 2.98. The maximum Gasteiger partial charge on any atom is 0.226 e. The van der Waals surface area contributed by atoms with Gasteiger partial charge in [-0.05, 0) is 25.0 Å². The quantitative estimate of drug-likeness (QED) is 0.809. The van der Waals surface area contributed by atoms with Crippen LogP contribution in [-0.4, -0.2) is 34.2 Å². The van der Waals surface area contributed by atoms with Crippen LogP contribution in [0.25, 0.3) is 11.5 Å². The maximum absolute atomic E-state index is 9.25. The van der Waals surface area contributed by atoms with E-state index in [1.807, 2.05) is 30.3 Å². The molecular weight excluding hydrogens is 264 g/mol. The number of aliphatic hydroxyl groups is 1. The second-order valence-corrected chi connectivity index (χ2v) is 5.17. The van der Waals surface area contributed by atoms with Gasteiger partial charge in [-0.3, -0.25) is 4.90 Å². The van der Waals surface area contributed by atoms with Crippen LogP contribution in [0.2, 0.25) is 0 Å². The minimum atomic E-state index is 0.167. The van der Waals surface area contributed by atoms with Crippen LogP contribution in [0, 0.1) is 0 Å². The smallest absolute Gasteiger partial charge is 0.226 e. The average molecular weight is 288 g/mol. The molecule has 0 fully saturated rings. The largest absolute Gasteiger partial charge is 0.444 e. The lowest BCUT2D eigenvalue weighted by Gasteiger charge is -2.28. The second kappa shape index (κ2) is 7.96. The summed E-state index contributed by atoms with van der Waals surface area (Å²) in [7, 11) is 0. The number of oxazole rings is 1. The predicted molar refractivity (Wildman–Crippen MR) is 83.8 cm³/mol. The summed E-state index contributed by atoms with van der Waals surface area (Å²) in [6, 6.07) is 10.4. The Bertz CT molecular complexity index is 521. The molecule has 4 nitrogen and oxygen atoms in total. The summed E-state index contributed by atoms with van der Waals surface area (Å²) in [6.45, 7) is 5.90. The highest BCUT2D eigenvalue weighted by atomic mass is 16.3. The number of benzene rings is 1. The van der Waals surface area contributed by atoms with Gasteiger partial charge in [0, 0.05) is 24.7 Å². The lowest BCUT2D eigenvalue weighted by atomic mass is 10.1. The molecule has 1 aromatic heterocycles. The molecule has 0 radical (unpaired) electrons. The molecule has 0 aliphatic carbocycles. The van der Waals surface area contributed by atoms with Crippen LogP contribution in [0.15, 0.2) is 41.0 Å². The van der Waals surface area contributed by atoms with Crippen LogP contribution in [-0.2, 0) is 6.54 Å². The van der Waals surface area contributed by atoms with E-state index in [2.05, 4.69) is 23.7 Å². The van der Waals surface area contributed by atoms with E-state index in [-0.39, 0.29) is 6.61 Å². The molecule has 0 bridgehead atoms. The molecule has 0 spiro atoms. The van der Waals surface area contributed by atoms with Crippen molar-refractivity contribution in [1.82, 2.24) is 9.88 Å². The zero-order chi connectivity index (χ0) is 15.1. The van der Waals surface area contributed by atoms with Crippen molar-refractivity contribution < 1.29 is 9.52 Å². The number of rotatable bonds is 8. The van der Waals surface area contributed by atoms with Crippen molar-refractivity contribution in [2.75, 3.05) is 13.2 Å². The van der Waals surface area contributed by atoms with Crippen molar-refractivity contribution >= 4 is 0 Å². The van der Waals surface area contributed by atoms with Gasteiger partial charge in [0.25, 0.3) is 0 Å². The molecular formula is C17H24N2O2. The maximum atomic E-state index is 9.25. The first-order chi connectivity index (χ1) is 10.3. The molecule has 0 atom stereocenters. The number of hydrogen-bond donors (Lipinski definition) is 1. The van der Waals surface area contributed by atoms with Crippen LogP contribution in [0.4, 0.5) is 0 Å². The summed E-state index contributed by atoms with van der Waals surface area (Å²) >= 11 is 0. The summed E-state index contributed by atoms with van der Waals surface area (Å²) in [5.74, 6) is 0.652. The molecule has 0 aliphatic heterocycles. The number of hydrogen-bond acceptors (Lipinski definition) is 4. The molecule has 1 N–H and O–H groups in total. The Morgan fingerprint density at radius 3 is 2.52 bits per heavy atom. The van der Waals surface area contributed by atoms with Gasteiger partial charge in [0.15, 0.2) is 0 Å². The van der Waals surface area contributed by atoms with E-state index in [9.17, 15) is 5.11 Å².